The van der Waals surface area contributed by atoms with E-state index in [1.807, 2.05) is 0 Å². The molecule has 0 saturated carbocycles. The molecule has 3 rings (SSSR count). The van der Waals surface area contributed by atoms with E-state index < -0.39 is 18.5 Å². The van der Waals surface area contributed by atoms with Crippen LogP contribution in [0.4, 0.5) is 10.1 Å². The van der Waals surface area contributed by atoms with Gasteiger partial charge in [-0.25, -0.2) is 18.9 Å². The molecule has 0 radical (unpaired) electrons. The molecule has 142 valence electrons. The van der Waals surface area contributed by atoms with Crippen molar-refractivity contribution in [1.82, 2.24) is 14.8 Å². The van der Waals surface area contributed by atoms with Gasteiger partial charge in [-0.1, -0.05) is 23.7 Å². The first-order chi connectivity index (χ1) is 13.5. The Morgan fingerprint density at radius 3 is 2.71 bits per heavy atom. The summed E-state index contributed by atoms with van der Waals surface area (Å²) in [5.74, 6) is -1.63. The number of rotatable bonds is 6. The van der Waals surface area contributed by atoms with Crippen molar-refractivity contribution in [1.29, 1.82) is 0 Å². The number of hydrogen-bond acceptors (Lipinski definition) is 5. The molecule has 0 saturated heterocycles. The maximum atomic E-state index is 12.8. The minimum Gasteiger partial charge on any atom is -0.452 e. The highest BCUT2D eigenvalue weighted by Gasteiger charge is 2.11. The van der Waals surface area contributed by atoms with Crippen molar-refractivity contribution in [2.45, 2.75) is 0 Å². The third-order valence-corrected chi connectivity index (χ3v) is 3.76. The summed E-state index contributed by atoms with van der Waals surface area (Å²) in [7, 11) is 0. The fourth-order valence-corrected chi connectivity index (χ4v) is 2.42. The molecule has 1 amide bonds. The van der Waals surface area contributed by atoms with Crippen molar-refractivity contribution in [3.05, 3.63) is 77.6 Å². The summed E-state index contributed by atoms with van der Waals surface area (Å²) in [5, 5.41) is 7.05. The normalized spacial score (nSPS) is 10.8. The summed E-state index contributed by atoms with van der Waals surface area (Å²) >= 11 is 5.98. The van der Waals surface area contributed by atoms with Crippen LogP contribution in [-0.2, 0) is 14.3 Å². The van der Waals surface area contributed by atoms with Crippen LogP contribution in [0, 0.1) is 5.82 Å². The van der Waals surface area contributed by atoms with E-state index in [2.05, 4.69) is 15.4 Å². The minimum absolute atomic E-state index is 0.373. The van der Waals surface area contributed by atoms with E-state index >= 15 is 0 Å². The lowest BCUT2D eigenvalue weighted by atomic mass is 10.2. The Hall–Kier alpha value is -3.52. The second-order valence-electron chi connectivity index (χ2n) is 5.54. The molecule has 0 aliphatic rings. The summed E-state index contributed by atoms with van der Waals surface area (Å²) in [5.41, 5.74) is 1.57. The molecule has 0 spiro atoms. The third-order valence-electron chi connectivity index (χ3n) is 3.53. The summed E-state index contributed by atoms with van der Waals surface area (Å²) < 4.78 is 19.2. The Labute approximate surface area is 164 Å². The SMILES string of the molecule is O=C(COC(=O)/C=C/c1ccc(F)cc1)Nc1cc(Cl)ccc1-n1cncn1. The van der Waals surface area contributed by atoms with Crippen LogP contribution in [0.2, 0.25) is 5.02 Å². The van der Waals surface area contributed by atoms with Gasteiger partial charge in [-0.15, -0.1) is 0 Å². The highest BCUT2D eigenvalue weighted by molar-refractivity contribution is 6.31. The first kappa shape index (κ1) is 19.2. The van der Waals surface area contributed by atoms with Gasteiger partial charge in [0.2, 0.25) is 0 Å². The molecule has 0 atom stereocenters. The van der Waals surface area contributed by atoms with Gasteiger partial charge in [-0.2, -0.15) is 5.10 Å². The highest BCUT2D eigenvalue weighted by Crippen LogP contribution is 2.23. The molecule has 1 N–H and O–H groups in total. The molecule has 0 unspecified atom stereocenters. The van der Waals surface area contributed by atoms with Gasteiger partial charge in [0.05, 0.1) is 11.4 Å². The molecule has 7 nitrogen and oxygen atoms in total. The summed E-state index contributed by atoms with van der Waals surface area (Å²) in [6.45, 7) is -0.490. The number of aromatic nitrogens is 3. The fraction of sp³-hybridized carbons (Fsp3) is 0.0526. The number of nitrogens with one attached hydrogen (secondary N) is 1. The third kappa shape index (κ3) is 5.24. The van der Waals surface area contributed by atoms with E-state index in [0.717, 1.165) is 6.08 Å². The van der Waals surface area contributed by atoms with Gasteiger partial charge in [-0.3, -0.25) is 4.79 Å². The maximum absolute atomic E-state index is 12.8. The second-order valence-corrected chi connectivity index (χ2v) is 5.98. The van der Waals surface area contributed by atoms with Crippen molar-refractivity contribution in [3.63, 3.8) is 0 Å². The van der Waals surface area contributed by atoms with Crippen LogP contribution in [0.5, 0.6) is 0 Å². The van der Waals surface area contributed by atoms with Crippen LogP contribution in [0.15, 0.2) is 61.2 Å². The molecular formula is C19H14ClFN4O3. The number of esters is 1. The van der Waals surface area contributed by atoms with Crippen LogP contribution < -0.4 is 5.32 Å². The molecular weight excluding hydrogens is 387 g/mol. The lowest BCUT2D eigenvalue weighted by molar-refractivity contribution is -0.142. The van der Waals surface area contributed by atoms with Crippen molar-refractivity contribution in [3.8, 4) is 5.69 Å². The number of carbonyl (C=O) groups excluding carboxylic acids is 2. The van der Waals surface area contributed by atoms with E-state index in [1.54, 1.807) is 18.2 Å². The lowest BCUT2D eigenvalue weighted by Crippen LogP contribution is -2.21. The van der Waals surface area contributed by atoms with Gasteiger partial charge in [-0.05, 0) is 42.0 Å². The lowest BCUT2D eigenvalue weighted by Gasteiger charge is -2.11. The van der Waals surface area contributed by atoms with Gasteiger partial charge in [0.1, 0.15) is 18.5 Å². The largest absolute Gasteiger partial charge is 0.452 e. The van der Waals surface area contributed by atoms with Gasteiger partial charge in [0.25, 0.3) is 5.91 Å². The molecule has 0 aliphatic carbocycles. The number of halogens is 2. The molecule has 1 heterocycles. The van der Waals surface area contributed by atoms with Crippen LogP contribution in [0.3, 0.4) is 0 Å². The summed E-state index contributed by atoms with van der Waals surface area (Å²) in [6, 6.07) is 10.4. The molecule has 0 fully saturated rings. The standard InChI is InChI=1S/C19H14ClFN4O3/c20-14-4-7-17(25-12-22-11-23-25)16(9-14)24-18(26)10-28-19(27)8-3-13-1-5-15(21)6-2-13/h1-9,11-12H,10H2,(H,24,26)/b8-3+. The molecule has 2 aromatic carbocycles. The average molecular weight is 401 g/mol. The van der Waals surface area contributed by atoms with Crippen LogP contribution >= 0.6 is 11.6 Å². The number of ether oxygens (including phenoxy) is 1. The first-order valence-electron chi connectivity index (χ1n) is 8.06. The van der Waals surface area contributed by atoms with Gasteiger partial charge in [0, 0.05) is 11.1 Å². The van der Waals surface area contributed by atoms with E-state index in [1.165, 1.54) is 47.7 Å². The van der Waals surface area contributed by atoms with Crippen molar-refractivity contribution in [2.75, 3.05) is 11.9 Å². The van der Waals surface area contributed by atoms with Crippen molar-refractivity contribution < 1.29 is 18.7 Å². The predicted octanol–water partition coefficient (Wildman–Crippen LogP) is 3.25. The van der Waals surface area contributed by atoms with Crippen LogP contribution in [-0.4, -0.2) is 33.2 Å². The highest BCUT2D eigenvalue weighted by atomic mass is 35.5. The van der Waals surface area contributed by atoms with E-state index in [-0.39, 0.29) is 5.82 Å². The molecule has 9 heteroatoms. The summed E-state index contributed by atoms with van der Waals surface area (Å²) in [6.07, 6.45) is 5.44. The van der Waals surface area contributed by atoms with E-state index in [0.29, 0.717) is 22.0 Å². The Morgan fingerprint density at radius 1 is 1.21 bits per heavy atom. The molecule has 1 aromatic heterocycles. The van der Waals surface area contributed by atoms with Gasteiger partial charge < -0.3 is 10.1 Å². The fourth-order valence-electron chi connectivity index (χ4n) is 2.25. The van der Waals surface area contributed by atoms with Gasteiger partial charge in [0.15, 0.2) is 6.61 Å². The number of hydrogen-bond donors (Lipinski definition) is 1. The van der Waals surface area contributed by atoms with Crippen molar-refractivity contribution in [2.24, 2.45) is 0 Å². The van der Waals surface area contributed by atoms with E-state index in [4.69, 9.17) is 16.3 Å². The maximum Gasteiger partial charge on any atom is 0.331 e. The number of nitrogens with zero attached hydrogens (tertiary/aromatic N) is 3. The Morgan fingerprint density at radius 2 is 2.00 bits per heavy atom. The Kier molecular flexibility index (Phi) is 6.13. The van der Waals surface area contributed by atoms with Crippen LogP contribution in [0.1, 0.15) is 5.56 Å². The summed E-state index contributed by atoms with van der Waals surface area (Å²) in [4.78, 5) is 27.7. The minimum atomic E-state index is -0.706. The molecule has 3 aromatic rings. The molecule has 0 bridgehead atoms. The number of benzene rings is 2. The van der Waals surface area contributed by atoms with E-state index in [9.17, 15) is 14.0 Å². The predicted molar refractivity (Wildman–Crippen MR) is 101 cm³/mol. The van der Waals surface area contributed by atoms with Crippen LogP contribution in [0.25, 0.3) is 11.8 Å². The number of carbonyl (C=O) groups is 2. The Balaban J connectivity index is 1.58. The average Bonchev–Trinajstić information content (AvgIpc) is 3.20. The van der Waals surface area contributed by atoms with Crippen molar-refractivity contribution >= 4 is 35.2 Å². The zero-order chi connectivity index (χ0) is 19.9. The number of amides is 1. The number of anilines is 1. The second kappa shape index (κ2) is 8.92. The Bertz CT molecular complexity index is 1000. The quantitative estimate of drug-likeness (QED) is 0.507. The zero-order valence-electron chi connectivity index (χ0n) is 14.4. The molecule has 0 aliphatic heterocycles. The first-order valence-corrected chi connectivity index (χ1v) is 8.44. The van der Waals surface area contributed by atoms with Gasteiger partial charge >= 0.3 is 5.97 Å². The smallest absolute Gasteiger partial charge is 0.331 e. The zero-order valence-corrected chi connectivity index (χ0v) is 15.1. The topological polar surface area (TPSA) is 86.1 Å². The molecule has 28 heavy (non-hydrogen) atoms. The monoisotopic (exact) mass is 400 g/mol.